The zero-order chi connectivity index (χ0) is 40.9. The number of aromatic nitrogens is 1. The minimum Gasteiger partial charge on any atom is -0.415 e. The van der Waals surface area contributed by atoms with E-state index in [-0.39, 0.29) is 44.0 Å². The quantitative estimate of drug-likeness (QED) is 0.0731. The van der Waals surface area contributed by atoms with E-state index in [0.29, 0.717) is 24.8 Å². The van der Waals surface area contributed by atoms with Gasteiger partial charge in [-0.1, -0.05) is 94.2 Å². The molecule has 12 heteroatoms. The fourth-order valence-electron chi connectivity index (χ4n) is 6.25. The van der Waals surface area contributed by atoms with Gasteiger partial charge in [0.1, 0.15) is 5.69 Å². The molecule has 2 heterocycles. The van der Waals surface area contributed by atoms with Gasteiger partial charge in [0.15, 0.2) is 25.0 Å². The SMILES string of the molecule is C[C@H]1CN(CCCCCCNc2ccc(-c3cccnc3)cc2[N+](=O)[O-])[C@H](CO[Si](C)(C)C(C)(C)C)[C@@H](O[Si](C)(C)C(C)(C)C)[C@@H]1O[Si](C)(C)C(C)(C)C. The van der Waals surface area contributed by atoms with Crippen LogP contribution in [0.5, 0.6) is 0 Å². The molecule has 0 spiro atoms. The number of unbranched alkanes of at least 4 members (excludes halogenated alkanes) is 3. The van der Waals surface area contributed by atoms with Gasteiger partial charge in [0.05, 0.1) is 29.8 Å². The molecule has 3 rings (SSSR count). The molecule has 0 saturated carbocycles. The highest BCUT2D eigenvalue weighted by molar-refractivity contribution is 6.75. The number of piperidine rings is 1. The number of likely N-dealkylation sites (tertiary alicyclic amines) is 1. The highest BCUT2D eigenvalue weighted by Crippen LogP contribution is 2.44. The van der Waals surface area contributed by atoms with Crippen LogP contribution in [0.15, 0.2) is 42.7 Å². The number of hydrogen-bond donors (Lipinski definition) is 1. The minimum atomic E-state index is -2.17. The van der Waals surface area contributed by atoms with Crippen LogP contribution >= 0.6 is 0 Å². The summed E-state index contributed by atoms with van der Waals surface area (Å²) in [4.78, 5) is 18.5. The Morgan fingerprint density at radius 1 is 0.815 bits per heavy atom. The normalized spacial score (nSPS) is 21.0. The third-order valence-electron chi connectivity index (χ3n) is 13.0. The molecule has 0 radical (unpaired) electrons. The van der Waals surface area contributed by atoms with Gasteiger partial charge < -0.3 is 18.6 Å². The molecule has 1 N–H and O–H groups in total. The fourth-order valence-corrected chi connectivity index (χ4v) is 10.00. The first kappa shape index (κ1) is 46.4. The maximum atomic E-state index is 11.9. The first-order chi connectivity index (χ1) is 24.7. The minimum absolute atomic E-state index is 0.0119. The van der Waals surface area contributed by atoms with E-state index in [1.165, 1.54) is 0 Å². The Balaban J connectivity index is 1.76. The second-order valence-corrected chi connectivity index (χ2v) is 34.7. The number of anilines is 1. The van der Waals surface area contributed by atoms with E-state index in [2.05, 4.69) is 124 Å². The molecule has 0 aliphatic carbocycles. The van der Waals surface area contributed by atoms with Gasteiger partial charge in [0.2, 0.25) is 0 Å². The Bertz CT molecular complexity index is 1500. The van der Waals surface area contributed by atoms with Crippen LogP contribution in [0, 0.1) is 16.0 Å². The van der Waals surface area contributed by atoms with E-state index < -0.39 is 25.0 Å². The molecule has 9 nitrogen and oxygen atoms in total. The van der Waals surface area contributed by atoms with Crippen molar-refractivity contribution < 1.29 is 18.2 Å². The second-order valence-electron chi connectivity index (χ2n) is 20.4. The molecule has 1 aromatic heterocycles. The number of benzene rings is 1. The Kier molecular flexibility index (Phi) is 15.6. The van der Waals surface area contributed by atoms with Gasteiger partial charge in [-0.2, -0.15) is 0 Å². The molecule has 0 unspecified atom stereocenters. The molecule has 1 fully saturated rings. The average Bonchev–Trinajstić information content (AvgIpc) is 3.04. The maximum absolute atomic E-state index is 11.9. The van der Waals surface area contributed by atoms with Crippen LogP contribution in [0.1, 0.15) is 94.9 Å². The molecule has 4 atom stereocenters. The van der Waals surface area contributed by atoms with E-state index in [1.807, 2.05) is 24.3 Å². The number of pyridine rings is 1. The summed E-state index contributed by atoms with van der Waals surface area (Å²) < 4.78 is 22.0. The Hall–Kier alpha value is -1.94. The number of nitro groups is 1. The first-order valence-electron chi connectivity index (χ1n) is 20.3. The Labute approximate surface area is 332 Å². The predicted molar refractivity (Wildman–Crippen MR) is 235 cm³/mol. The summed E-state index contributed by atoms with van der Waals surface area (Å²) in [6, 6.07) is 9.22. The van der Waals surface area contributed by atoms with Crippen molar-refractivity contribution >= 4 is 36.3 Å². The molecule has 1 aliphatic heterocycles. The lowest BCUT2D eigenvalue weighted by Crippen LogP contribution is -2.66. The third kappa shape index (κ3) is 12.0. The zero-order valence-corrected chi connectivity index (χ0v) is 39.9. The highest BCUT2D eigenvalue weighted by Gasteiger charge is 2.52. The molecule has 1 aromatic carbocycles. The summed E-state index contributed by atoms with van der Waals surface area (Å²) in [6.07, 6.45) is 7.51. The van der Waals surface area contributed by atoms with E-state index >= 15 is 0 Å². The number of nitro benzene ring substituents is 1. The van der Waals surface area contributed by atoms with Crippen molar-refractivity contribution in [2.45, 2.75) is 168 Å². The van der Waals surface area contributed by atoms with Crippen molar-refractivity contribution in [1.82, 2.24) is 9.88 Å². The summed E-state index contributed by atoms with van der Waals surface area (Å²) in [6.45, 7) is 40.8. The summed E-state index contributed by atoms with van der Waals surface area (Å²) in [5, 5.41) is 15.6. The number of nitrogens with zero attached hydrogens (tertiary/aromatic N) is 3. The number of rotatable bonds is 17. The fraction of sp³-hybridized carbons (Fsp3) is 0.738. The van der Waals surface area contributed by atoms with Crippen LogP contribution in [0.2, 0.25) is 54.4 Å². The monoisotopic (exact) mass is 801 g/mol. The predicted octanol–water partition coefficient (Wildman–Crippen LogP) is 11.8. The standard InChI is InChI=1S/C42H76N4O5Si3/c1-32-30-45(27-20-18-17-19-26-44-35-24-23-33(28-36(35)46(47)48)34-22-21-25-43-29-34)37(31-49-52(11,12)40(2,3)4)39(51-54(15,16)42(8,9)10)38(32)50-53(13,14)41(5,6)7/h21-25,28-29,32,37-39,44H,17-20,26-27,30-31H2,1-16H3/t32-,37+,38+,39+/m0/s1. The van der Waals surface area contributed by atoms with E-state index in [4.69, 9.17) is 13.3 Å². The van der Waals surface area contributed by atoms with Crippen LogP contribution in [-0.4, -0.2) is 84.3 Å². The Morgan fingerprint density at radius 3 is 1.93 bits per heavy atom. The molecule has 1 aliphatic rings. The number of hydrogen-bond acceptors (Lipinski definition) is 8. The lowest BCUT2D eigenvalue weighted by atomic mass is 9.88. The molecule has 54 heavy (non-hydrogen) atoms. The van der Waals surface area contributed by atoms with Crippen molar-refractivity contribution in [3.05, 3.63) is 52.8 Å². The molecule has 1 saturated heterocycles. The molecular weight excluding hydrogens is 725 g/mol. The van der Waals surface area contributed by atoms with Crippen molar-refractivity contribution in [3.63, 3.8) is 0 Å². The maximum Gasteiger partial charge on any atom is 0.292 e. The average molecular weight is 801 g/mol. The second kappa shape index (κ2) is 18.1. The van der Waals surface area contributed by atoms with Gasteiger partial charge in [-0.05, 0) is 97.4 Å². The van der Waals surface area contributed by atoms with Crippen LogP contribution in [0.3, 0.4) is 0 Å². The van der Waals surface area contributed by atoms with Gasteiger partial charge in [-0.15, -0.1) is 0 Å². The molecule has 0 amide bonds. The highest BCUT2D eigenvalue weighted by atomic mass is 28.4. The van der Waals surface area contributed by atoms with Gasteiger partial charge in [0.25, 0.3) is 5.69 Å². The molecule has 2 aromatic rings. The van der Waals surface area contributed by atoms with E-state index in [1.54, 1.807) is 18.5 Å². The third-order valence-corrected chi connectivity index (χ3v) is 26.5. The lowest BCUT2D eigenvalue weighted by Gasteiger charge is -2.54. The summed E-state index contributed by atoms with van der Waals surface area (Å²) in [5.41, 5.74) is 2.30. The topological polar surface area (TPSA) is 99.0 Å². The Morgan fingerprint density at radius 2 is 1.39 bits per heavy atom. The van der Waals surface area contributed by atoms with Gasteiger partial charge >= 0.3 is 0 Å². The van der Waals surface area contributed by atoms with Gasteiger partial charge in [0, 0.05) is 37.1 Å². The first-order valence-corrected chi connectivity index (χ1v) is 29.1. The summed E-state index contributed by atoms with van der Waals surface area (Å²) >= 11 is 0. The molecule has 0 bridgehead atoms. The van der Waals surface area contributed by atoms with Crippen LogP contribution in [0.25, 0.3) is 11.1 Å². The van der Waals surface area contributed by atoms with Gasteiger partial charge in [-0.25, -0.2) is 0 Å². The van der Waals surface area contributed by atoms with E-state index in [0.717, 1.165) is 49.9 Å². The molecular formula is C42H76N4O5Si3. The molecule has 306 valence electrons. The largest absolute Gasteiger partial charge is 0.415 e. The van der Waals surface area contributed by atoms with Crippen molar-refractivity contribution in [2.75, 3.05) is 31.6 Å². The van der Waals surface area contributed by atoms with Crippen LogP contribution in [-0.2, 0) is 13.3 Å². The number of nitrogens with one attached hydrogen (secondary N) is 1. The van der Waals surface area contributed by atoms with Crippen LogP contribution < -0.4 is 5.32 Å². The lowest BCUT2D eigenvalue weighted by molar-refractivity contribution is -0.383. The van der Waals surface area contributed by atoms with Crippen molar-refractivity contribution in [2.24, 2.45) is 5.92 Å². The van der Waals surface area contributed by atoms with Crippen molar-refractivity contribution in [1.29, 1.82) is 0 Å². The summed E-state index contributed by atoms with van der Waals surface area (Å²) in [5.74, 6) is 0.322. The smallest absolute Gasteiger partial charge is 0.292 e. The van der Waals surface area contributed by atoms with Crippen LogP contribution in [0.4, 0.5) is 11.4 Å². The van der Waals surface area contributed by atoms with Gasteiger partial charge in [-0.3, -0.25) is 20.0 Å². The zero-order valence-electron chi connectivity index (χ0n) is 36.9. The summed E-state index contributed by atoms with van der Waals surface area (Å²) in [7, 11) is -6.29. The van der Waals surface area contributed by atoms with Crippen molar-refractivity contribution in [3.8, 4) is 11.1 Å². The van der Waals surface area contributed by atoms with E-state index in [9.17, 15) is 10.1 Å².